The summed E-state index contributed by atoms with van der Waals surface area (Å²) in [4.78, 5) is 32.1. The van der Waals surface area contributed by atoms with Crippen LogP contribution >= 0.6 is 0 Å². The quantitative estimate of drug-likeness (QED) is 0.486. The van der Waals surface area contributed by atoms with Gasteiger partial charge in [-0.2, -0.15) is 0 Å². The zero-order chi connectivity index (χ0) is 22.1. The number of hydrogen-bond donors (Lipinski definition) is 2. The molecule has 1 aromatic carbocycles. The van der Waals surface area contributed by atoms with Crippen molar-refractivity contribution < 1.29 is 4.79 Å². The van der Waals surface area contributed by atoms with Gasteiger partial charge in [0.2, 0.25) is 11.9 Å². The van der Waals surface area contributed by atoms with Gasteiger partial charge >= 0.3 is 0 Å². The van der Waals surface area contributed by atoms with E-state index in [4.69, 9.17) is 4.98 Å². The number of amides is 1. The standard InChI is InChI=1S/C25H26N6O/c1-16-13-17(2)28-25(27-16)30-23-11-5-9-21(29-23)22-10-6-12-31(22)24(32)14-18-15-26-20-8-4-3-7-19(18)20/h3-5,7-9,11,13,15,22,26H,6,10,12,14H2,1-2H3,(H,27,28,29,30)/t22-/m1/s1. The summed E-state index contributed by atoms with van der Waals surface area (Å²) < 4.78 is 0. The molecule has 1 fully saturated rings. The highest BCUT2D eigenvalue weighted by Crippen LogP contribution is 2.32. The number of aromatic amines is 1. The Morgan fingerprint density at radius 2 is 1.91 bits per heavy atom. The summed E-state index contributed by atoms with van der Waals surface area (Å²) >= 11 is 0. The van der Waals surface area contributed by atoms with Gasteiger partial charge in [-0.1, -0.05) is 24.3 Å². The number of fused-ring (bicyclic) bond motifs is 1. The average Bonchev–Trinajstić information content (AvgIpc) is 3.41. The van der Waals surface area contributed by atoms with Gasteiger partial charge in [-0.15, -0.1) is 0 Å². The molecule has 0 saturated carbocycles. The van der Waals surface area contributed by atoms with Crippen LogP contribution in [0.4, 0.5) is 11.8 Å². The summed E-state index contributed by atoms with van der Waals surface area (Å²) in [6.45, 7) is 4.64. The molecule has 162 valence electrons. The SMILES string of the molecule is Cc1cc(C)nc(Nc2cccc([C@H]3CCCN3C(=O)Cc3c[nH]c4ccccc34)n2)n1. The summed E-state index contributed by atoms with van der Waals surface area (Å²) in [6.07, 6.45) is 4.22. The smallest absolute Gasteiger partial charge is 0.228 e. The highest BCUT2D eigenvalue weighted by atomic mass is 16.2. The molecule has 0 spiro atoms. The van der Waals surface area contributed by atoms with Gasteiger partial charge in [-0.25, -0.2) is 15.0 Å². The third kappa shape index (κ3) is 4.06. The molecule has 7 heteroatoms. The highest BCUT2D eigenvalue weighted by molar-refractivity contribution is 5.89. The molecule has 0 bridgehead atoms. The predicted octanol–water partition coefficient (Wildman–Crippen LogP) is 4.62. The lowest BCUT2D eigenvalue weighted by molar-refractivity contribution is -0.131. The first-order chi connectivity index (χ1) is 15.6. The second kappa shape index (κ2) is 8.42. The van der Waals surface area contributed by atoms with Gasteiger partial charge < -0.3 is 15.2 Å². The van der Waals surface area contributed by atoms with Crippen molar-refractivity contribution in [1.82, 2.24) is 24.8 Å². The highest BCUT2D eigenvalue weighted by Gasteiger charge is 2.31. The van der Waals surface area contributed by atoms with Crippen LogP contribution in [0.5, 0.6) is 0 Å². The molecule has 4 heterocycles. The van der Waals surface area contributed by atoms with Crippen molar-refractivity contribution >= 4 is 28.6 Å². The Morgan fingerprint density at radius 3 is 2.75 bits per heavy atom. The summed E-state index contributed by atoms with van der Waals surface area (Å²) in [5.41, 5.74) is 4.79. The average molecular weight is 427 g/mol. The van der Waals surface area contributed by atoms with E-state index in [2.05, 4.69) is 26.3 Å². The number of H-pyrrole nitrogens is 1. The molecule has 5 rings (SSSR count). The van der Waals surface area contributed by atoms with Gasteiger partial charge in [0.25, 0.3) is 0 Å². The molecule has 0 aliphatic carbocycles. The van der Waals surface area contributed by atoms with E-state index >= 15 is 0 Å². The first kappa shape index (κ1) is 20.2. The van der Waals surface area contributed by atoms with E-state index in [0.717, 1.165) is 52.9 Å². The molecular weight excluding hydrogens is 400 g/mol. The fraction of sp³-hybridized carbons (Fsp3) is 0.280. The van der Waals surface area contributed by atoms with Crippen LogP contribution in [0.3, 0.4) is 0 Å². The number of carbonyl (C=O) groups is 1. The second-order valence-electron chi connectivity index (χ2n) is 8.33. The van der Waals surface area contributed by atoms with Crippen LogP contribution in [-0.4, -0.2) is 37.3 Å². The Labute approximate surface area is 186 Å². The minimum atomic E-state index is -0.0189. The number of aryl methyl sites for hydroxylation is 2. The molecule has 7 nitrogen and oxygen atoms in total. The van der Waals surface area contributed by atoms with Crippen LogP contribution in [0.15, 0.2) is 54.7 Å². The summed E-state index contributed by atoms with van der Waals surface area (Å²) in [6, 6.07) is 15.9. The number of likely N-dealkylation sites (tertiary alicyclic amines) is 1. The number of hydrogen-bond acceptors (Lipinski definition) is 5. The Hall–Kier alpha value is -3.74. The number of benzene rings is 1. The van der Waals surface area contributed by atoms with Gasteiger partial charge in [0.05, 0.1) is 18.2 Å². The normalized spacial score (nSPS) is 15.9. The van der Waals surface area contributed by atoms with Crippen LogP contribution in [-0.2, 0) is 11.2 Å². The van der Waals surface area contributed by atoms with Crippen molar-refractivity contribution in [2.45, 2.75) is 39.2 Å². The Kier molecular flexibility index (Phi) is 5.31. The predicted molar refractivity (Wildman–Crippen MR) is 125 cm³/mol. The maximum Gasteiger partial charge on any atom is 0.228 e. The number of aromatic nitrogens is 4. The van der Waals surface area contributed by atoms with Gasteiger partial charge in [-0.05, 0) is 56.5 Å². The molecule has 1 atom stereocenters. The minimum Gasteiger partial charge on any atom is -0.361 e. The Balaban J connectivity index is 1.35. The molecule has 1 saturated heterocycles. The van der Waals surface area contributed by atoms with Crippen molar-refractivity contribution in [2.75, 3.05) is 11.9 Å². The van der Waals surface area contributed by atoms with Gasteiger partial charge in [0.15, 0.2) is 0 Å². The van der Waals surface area contributed by atoms with Crippen LogP contribution in [0.2, 0.25) is 0 Å². The minimum absolute atomic E-state index is 0.0189. The van der Waals surface area contributed by atoms with E-state index < -0.39 is 0 Å². The largest absolute Gasteiger partial charge is 0.361 e. The zero-order valence-electron chi connectivity index (χ0n) is 18.3. The number of pyridine rings is 1. The lowest BCUT2D eigenvalue weighted by Gasteiger charge is -2.24. The topological polar surface area (TPSA) is 86.8 Å². The monoisotopic (exact) mass is 426 g/mol. The summed E-state index contributed by atoms with van der Waals surface area (Å²) in [5.74, 6) is 1.35. The first-order valence-corrected chi connectivity index (χ1v) is 11.0. The molecule has 32 heavy (non-hydrogen) atoms. The maximum absolute atomic E-state index is 13.2. The maximum atomic E-state index is 13.2. The number of nitrogens with one attached hydrogen (secondary N) is 2. The van der Waals surface area contributed by atoms with E-state index in [9.17, 15) is 4.79 Å². The number of rotatable bonds is 5. The third-order valence-electron chi connectivity index (χ3n) is 5.92. The second-order valence-corrected chi connectivity index (χ2v) is 8.33. The van der Waals surface area contributed by atoms with Crippen LogP contribution in [0, 0.1) is 13.8 Å². The van der Waals surface area contributed by atoms with Gasteiger partial charge in [0.1, 0.15) is 5.82 Å². The Morgan fingerprint density at radius 1 is 1.09 bits per heavy atom. The summed E-state index contributed by atoms with van der Waals surface area (Å²) in [7, 11) is 0. The number of para-hydroxylation sites is 1. The molecule has 1 amide bonds. The van der Waals surface area contributed by atoms with E-state index in [0.29, 0.717) is 18.2 Å². The molecule has 1 aliphatic rings. The number of anilines is 2. The van der Waals surface area contributed by atoms with E-state index in [-0.39, 0.29) is 11.9 Å². The van der Waals surface area contributed by atoms with Gasteiger partial charge in [0, 0.05) is 35.0 Å². The van der Waals surface area contributed by atoms with Crippen LogP contribution in [0.25, 0.3) is 10.9 Å². The van der Waals surface area contributed by atoms with E-state index in [1.807, 2.05) is 67.4 Å². The summed E-state index contributed by atoms with van der Waals surface area (Å²) in [5, 5.41) is 4.31. The van der Waals surface area contributed by atoms with E-state index in [1.165, 1.54) is 0 Å². The third-order valence-corrected chi connectivity index (χ3v) is 5.92. The van der Waals surface area contributed by atoms with Crippen molar-refractivity contribution in [3.8, 4) is 0 Å². The molecular formula is C25H26N6O. The lowest BCUT2D eigenvalue weighted by atomic mass is 10.1. The van der Waals surface area contributed by atoms with Crippen molar-refractivity contribution in [3.05, 3.63) is 77.4 Å². The Bertz CT molecular complexity index is 1260. The van der Waals surface area contributed by atoms with Crippen LogP contribution in [0.1, 0.15) is 41.5 Å². The van der Waals surface area contributed by atoms with Crippen molar-refractivity contribution in [3.63, 3.8) is 0 Å². The van der Waals surface area contributed by atoms with E-state index in [1.54, 1.807) is 0 Å². The molecule has 2 N–H and O–H groups in total. The molecule has 1 aliphatic heterocycles. The fourth-order valence-electron chi connectivity index (χ4n) is 4.52. The molecule has 0 unspecified atom stereocenters. The molecule has 4 aromatic rings. The molecule has 3 aromatic heterocycles. The lowest BCUT2D eigenvalue weighted by Crippen LogP contribution is -2.32. The fourth-order valence-corrected chi connectivity index (χ4v) is 4.52. The first-order valence-electron chi connectivity index (χ1n) is 11.0. The van der Waals surface area contributed by atoms with Crippen molar-refractivity contribution in [1.29, 1.82) is 0 Å². The van der Waals surface area contributed by atoms with Crippen molar-refractivity contribution in [2.24, 2.45) is 0 Å². The molecule has 0 radical (unpaired) electrons. The number of carbonyl (C=O) groups excluding carboxylic acids is 1. The van der Waals surface area contributed by atoms with Gasteiger partial charge in [-0.3, -0.25) is 4.79 Å². The van der Waals surface area contributed by atoms with Crippen LogP contribution < -0.4 is 5.32 Å². The zero-order valence-corrected chi connectivity index (χ0v) is 18.3. The number of nitrogens with zero attached hydrogens (tertiary/aromatic N) is 4.